The zero-order valence-electron chi connectivity index (χ0n) is 27.3. The summed E-state index contributed by atoms with van der Waals surface area (Å²) in [6.45, 7) is 1.45. The number of benzene rings is 2. The first-order valence-electron chi connectivity index (χ1n) is 16.8. The number of nitrogens with zero attached hydrogens (tertiary/aromatic N) is 7. The van der Waals surface area contributed by atoms with E-state index in [9.17, 15) is 9.90 Å². The summed E-state index contributed by atoms with van der Waals surface area (Å²) >= 11 is 0. The number of piperidine rings is 1. The molecule has 1 aliphatic heterocycles. The summed E-state index contributed by atoms with van der Waals surface area (Å²) in [6.07, 6.45) is 4.45. The Hall–Kier alpha value is -4.94. The first kappa shape index (κ1) is 29.2. The Morgan fingerprint density at radius 1 is 1.00 bits per heavy atom. The van der Waals surface area contributed by atoms with Crippen LogP contribution in [0.3, 0.4) is 0 Å². The number of aryl methyl sites for hydroxylation is 2. The van der Waals surface area contributed by atoms with Crippen LogP contribution in [-0.2, 0) is 27.2 Å². The predicted molar refractivity (Wildman–Crippen MR) is 184 cm³/mol. The molecule has 2 aliphatic carbocycles. The summed E-state index contributed by atoms with van der Waals surface area (Å²) in [5.74, 6) is 3.74. The van der Waals surface area contributed by atoms with Gasteiger partial charge in [-0.3, -0.25) is 4.79 Å². The molecule has 3 atom stereocenters. The van der Waals surface area contributed by atoms with E-state index in [2.05, 4.69) is 31.6 Å². The lowest BCUT2D eigenvalue weighted by Crippen LogP contribution is -2.41. The van der Waals surface area contributed by atoms with Gasteiger partial charge in [-0.25, -0.2) is 15.0 Å². The number of fused-ring (bicyclic) bond motifs is 5. The number of amides is 1. The molecule has 2 bridgehead atoms. The zero-order chi connectivity index (χ0) is 32.8. The number of nitrogens with two attached hydrogens (primary N) is 1. The molecule has 1 saturated heterocycles. The van der Waals surface area contributed by atoms with Gasteiger partial charge in [0.1, 0.15) is 35.2 Å². The molecule has 4 N–H and O–H groups in total. The van der Waals surface area contributed by atoms with Crippen LogP contribution in [0.2, 0.25) is 0 Å². The second-order valence-corrected chi connectivity index (χ2v) is 13.7. The highest BCUT2D eigenvalue weighted by Gasteiger charge is 2.47. The topological polar surface area (TPSA) is 141 Å². The van der Waals surface area contributed by atoms with E-state index in [0.29, 0.717) is 35.5 Å². The van der Waals surface area contributed by atoms with Gasteiger partial charge in [-0.05, 0) is 86.1 Å². The highest BCUT2D eigenvalue weighted by Crippen LogP contribution is 2.40. The summed E-state index contributed by atoms with van der Waals surface area (Å²) in [5, 5.41) is 14.1. The molecule has 48 heavy (non-hydrogen) atoms. The van der Waals surface area contributed by atoms with Gasteiger partial charge in [0.2, 0.25) is 0 Å². The van der Waals surface area contributed by atoms with Gasteiger partial charge in [-0.2, -0.15) is 0 Å². The number of pyridine rings is 1. The van der Waals surface area contributed by atoms with Gasteiger partial charge in [-0.15, -0.1) is 0 Å². The molecule has 4 aromatic heterocycles. The minimum Gasteiger partial charge on any atom is -0.494 e. The van der Waals surface area contributed by atoms with Gasteiger partial charge >= 0.3 is 0 Å². The minimum atomic E-state index is -0.112. The number of aliphatic hydroxyl groups is 1. The molecule has 2 saturated carbocycles. The van der Waals surface area contributed by atoms with Crippen molar-refractivity contribution in [3.63, 3.8) is 0 Å². The lowest BCUT2D eigenvalue weighted by atomic mass is 10.1. The molecule has 0 radical (unpaired) electrons. The normalized spacial score (nSPS) is 20.5. The molecule has 3 aliphatic rings. The molecule has 1 amide bonds. The average Bonchev–Trinajstić information content (AvgIpc) is 3.29. The average molecular weight is 646 g/mol. The monoisotopic (exact) mass is 645 g/mol. The Morgan fingerprint density at radius 2 is 1.85 bits per heavy atom. The van der Waals surface area contributed by atoms with E-state index in [-0.39, 0.29) is 24.6 Å². The van der Waals surface area contributed by atoms with Crippen LogP contribution in [0.25, 0.3) is 44.6 Å². The van der Waals surface area contributed by atoms with Crippen LogP contribution in [0.5, 0.6) is 5.75 Å². The van der Waals surface area contributed by atoms with Gasteiger partial charge < -0.3 is 39.5 Å². The Balaban J connectivity index is 1.10. The molecule has 246 valence electrons. The molecular formula is C36H39N9O3. The molecule has 9 rings (SSSR count). The van der Waals surface area contributed by atoms with Crippen LogP contribution in [0.4, 0.5) is 11.5 Å². The number of ether oxygens (including phenoxy) is 1. The number of hydrogen-bond donors (Lipinski definition) is 3. The first-order chi connectivity index (χ1) is 23.3. The Morgan fingerprint density at radius 3 is 2.58 bits per heavy atom. The highest BCUT2D eigenvalue weighted by molar-refractivity contribution is 6.00. The SMILES string of the molecule is COc1cc(C(=O)N2CC3CCC2C3N)cc2nc(-c3cc4ccc(Nc5ccc6c(c5)nc(CO)n6C)nc4n3CC3CC3)n(C)c12. The third kappa shape index (κ3) is 4.50. The van der Waals surface area contributed by atoms with Crippen LogP contribution in [0, 0.1) is 11.8 Å². The maximum Gasteiger partial charge on any atom is 0.254 e. The van der Waals surface area contributed by atoms with Crippen molar-refractivity contribution in [2.24, 2.45) is 31.7 Å². The van der Waals surface area contributed by atoms with E-state index in [1.807, 2.05) is 60.0 Å². The van der Waals surface area contributed by atoms with Gasteiger partial charge in [-0.1, -0.05) is 0 Å². The van der Waals surface area contributed by atoms with Crippen LogP contribution < -0.4 is 15.8 Å². The van der Waals surface area contributed by atoms with Crippen LogP contribution in [-0.4, -0.2) is 70.3 Å². The van der Waals surface area contributed by atoms with Crippen molar-refractivity contribution in [3.8, 4) is 17.3 Å². The van der Waals surface area contributed by atoms with Gasteiger partial charge in [0.05, 0.1) is 29.4 Å². The lowest BCUT2D eigenvalue weighted by molar-refractivity contribution is 0.0700. The van der Waals surface area contributed by atoms with Crippen LogP contribution in [0.1, 0.15) is 41.9 Å². The molecular weight excluding hydrogens is 606 g/mol. The summed E-state index contributed by atoms with van der Waals surface area (Å²) in [6, 6.07) is 16.1. The van der Waals surface area contributed by atoms with Crippen molar-refractivity contribution >= 4 is 50.5 Å². The second kappa shape index (κ2) is 10.8. The number of aliphatic hydroxyl groups excluding tert-OH is 1. The second-order valence-electron chi connectivity index (χ2n) is 13.7. The Bertz CT molecular complexity index is 2260. The third-order valence-corrected chi connectivity index (χ3v) is 10.8. The molecule has 2 aromatic carbocycles. The number of carbonyl (C=O) groups excluding carboxylic acids is 1. The Labute approximate surface area is 277 Å². The van der Waals surface area contributed by atoms with E-state index in [4.69, 9.17) is 20.4 Å². The predicted octanol–water partition coefficient (Wildman–Crippen LogP) is 4.69. The molecule has 6 aromatic rings. The van der Waals surface area contributed by atoms with Crippen molar-refractivity contribution in [2.45, 2.75) is 50.9 Å². The number of hydrogen-bond acceptors (Lipinski definition) is 8. The number of likely N-dealkylation sites (tertiary alicyclic amines) is 1. The quantitative estimate of drug-likeness (QED) is 0.217. The van der Waals surface area contributed by atoms with Crippen molar-refractivity contribution < 1.29 is 14.6 Å². The minimum absolute atomic E-state index is 0.00633. The fraction of sp³-hybridized carbons (Fsp3) is 0.389. The van der Waals surface area contributed by atoms with Gasteiger partial charge in [0.25, 0.3) is 5.91 Å². The highest BCUT2D eigenvalue weighted by atomic mass is 16.5. The molecule has 12 nitrogen and oxygen atoms in total. The molecule has 3 fully saturated rings. The van der Waals surface area contributed by atoms with E-state index in [1.165, 1.54) is 12.8 Å². The van der Waals surface area contributed by atoms with Crippen molar-refractivity contribution in [1.82, 2.24) is 33.6 Å². The largest absolute Gasteiger partial charge is 0.494 e. The van der Waals surface area contributed by atoms with E-state index >= 15 is 0 Å². The molecule has 0 spiro atoms. The van der Waals surface area contributed by atoms with E-state index < -0.39 is 0 Å². The van der Waals surface area contributed by atoms with Crippen molar-refractivity contribution in [3.05, 3.63) is 59.9 Å². The van der Waals surface area contributed by atoms with Crippen LogP contribution in [0.15, 0.2) is 48.5 Å². The smallest absolute Gasteiger partial charge is 0.254 e. The summed E-state index contributed by atoms with van der Waals surface area (Å²) in [7, 11) is 5.55. The molecule has 5 heterocycles. The summed E-state index contributed by atoms with van der Waals surface area (Å²) in [4.78, 5) is 30.5. The summed E-state index contributed by atoms with van der Waals surface area (Å²) in [5.41, 5.74) is 13.1. The molecule has 3 unspecified atom stereocenters. The fourth-order valence-electron chi connectivity index (χ4n) is 8.01. The maximum atomic E-state index is 13.8. The fourth-order valence-corrected chi connectivity index (χ4v) is 8.01. The number of carbonyl (C=O) groups is 1. The lowest BCUT2D eigenvalue weighted by Gasteiger charge is -2.27. The number of methoxy groups -OCH3 is 1. The standard InChI is InChI=1S/C36H39N9O3/c1-42-26-10-8-23(15-24(26)39-31(42)18-46)38-30-11-7-20-13-28(44(34(20)41-30)16-19-4-5-19)35-40-25-12-22(14-29(48-3)33(25)43(35)2)36(47)45-17-21-6-9-27(45)32(21)37/h7-8,10-15,19,21,27,32,46H,4-6,9,16-18,37H2,1-3H3,(H,38,41). The first-order valence-corrected chi connectivity index (χ1v) is 16.8. The van der Waals surface area contributed by atoms with Crippen molar-refractivity contribution in [2.75, 3.05) is 19.0 Å². The van der Waals surface area contributed by atoms with E-state index in [1.54, 1.807) is 7.11 Å². The number of aromatic nitrogens is 6. The van der Waals surface area contributed by atoms with Crippen LogP contribution >= 0.6 is 0 Å². The van der Waals surface area contributed by atoms with E-state index in [0.717, 1.165) is 75.5 Å². The maximum absolute atomic E-state index is 13.8. The number of anilines is 2. The number of nitrogens with one attached hydrogen (secondary N) is 1. The van der Waals surface area contributed by atoms with Gasteiger partial charge in [0.15, 0.2) is 5.82 Å². The Kier molecular flexibility index (Phi) is 6.57. The number of rotatable bonds is 8. The summed E-state index contributed by atoms with van der Waals surface area (Å²) < 4.78 is 12.1. The third-order valence-electron chi connectivity index (χ3n) is 10.8. The van der Waals surface area contributed by atoms with Crippen molar-refractivity contribution in [1.29, 1.82) is 0 Å². The number of imidazole rings is 2. The zero-order valence-corrected chi connectivity index (χ0v) is 27.3. The molecule has 12 heteroatoms. The van der Waals surface area contributed by atoms with Gasteiger partial charge in [0, 0.05) is 55.9 Å².